The number of Topliss-reactive ketones (excluding diaryl/α,β-unsaturated/α-hetero) is 1. The Labute approximate surface area is 269 Å². The molecule has 2 saturated carbocycles. The average molecular weight is 667 g/mol. The van der Waals surface area contributed by atoms with Crippen molar-refractivity contribution in [1.29, 1.82) is 0 Å². The van der Waals surface area contributed by atoms with Crippen molar-refractivity contribution in [2.45, 2.75) is 55.6 Å². The molecule has 2 aromatic heterocycles. The molecule has 2 aromatic carbocycles. The Bertz CT molecular complexity index is 1980. The fraction of sp³-hybridized carbons (Fsp3) is 0.314. The molecular formula is C35H31F5N4O2S. The molecule has 0 amide bonds. The molecule has 12 heteroatoms. The summed E-state index contributed by atoms with van der Waals surface area (Å²) in [4.78, 5) is 19.1. The van der Waals surface area contributed by atoms with E-state index in [4.69, 9.17) is 0 Å². The van der Waals surface area contributed by atoms with Gasteiger partial charge in [-0.25, -0.2) is 22.0 Å². The van der Waals surface area contributed by atoms with E-state index in [1.165, 1.54) is 36.4 Å². The number of fused-ring (bicyclic) bond motifs is 2. The minimum atomic E-state index is -4.67. The summed E-state index contributed by atoms with van der Waals surface area (Å²) in [6.45, 7) is 0.462. The van der Waals surface area contributed by atoms with E-state index in [1.807, 2.05) is 10.4 Å². The molecule has 3 aliphatic rings. The van der Waals surface area contributed by atoms with Gasteiger partial charge in [-0.1, -0.05) is 5.57 Å². The lowest BCUT2D eigenvalue weighted by molar-refractivity contribution is -0.137. The number of hydrogen-bond acceptors (Lipinski definition) is 4. The number of rotatable bonds is 8. The summed E-state index contributed by atoms with van der Waals surface area (Å²) in [7, 11) is -3.13. The first-order valence-corrected chi connectivity index (χ1v) is 17.1. The number of hydrogen-bond donors (Lipinski definition) is 0. The summed E-state index contributed by atoms with van der Waals surface area (Å²) >= 11 is 0. The van der Waals surface area contributed by atoms with Crippen LogP contribution in [0.25, 0.3) is 11.8 Å². The monoisotopic (exact) mass is 666 g/mol. The number of allylic oxidation sites excluding steroid dienone is 1. The van der Waals surface area contributed by atoms with Crippen molar-refractivity contribution in [1.82, 2.24) is 19.1 Å². The highest BCUT2D eigenvalue weighted by Gasteiger charge is 2.52. The standard InChI is InChI=1S/C35H31F5N4O2S/c1-47(46,30-12-7-27(37)8-13-30)43(21-22-2-3-22)29-9-4-24-17-32-23(20-42-44(32)28-10-5-26(36)6-11-28)18-34(24,19-29)33(45)31-16-25(14-15-41-31)35(38,39)40/h5-8,10-17,20,22,29H,1-4,9,18-19,21H2/t29-,34-,47?/m0/s1. The molecule has 2 heterocycles. The molecule has 47 heavy (non-hydrogen) atoms. The van der Waals surface area contributed by atoms with E-state index in [-0.39, 0.29) is 18.5 Å². The highest BCUT2D eigenvalue weighted by atomic mass is 32.2. The van der Waals surface area contributed by atoms with Crippen LogP contribution < -0.4 is 0 Å². The predicted molar refractivity (Wildman–Crippen MR) is 168 cm³/mol. The molecule has 2 fully saturated rings. The average Bonchev–Trinajstić information content (AvgIpc) is 3.79. The molecule has 0 saturated heterocycles. The first-order chi connectivity index (χ1) is 22.3. The van der Waals surface area contributed by atoms with Crippen LogP contribution in [0.2, 0.25) is 0 Å². The maximum absolute atomic E-state index is 14.6. The van der Waals surface area contributed by atoms with Gasteiger partial charge in [0.15, 0.2) is 5.78 Å². The van der Waals surface area contributed by atoms with Gasteiger partial charge in [-0.05, 0) is 123 Å². The quantitative estimate of drug-likeness (QED) is 0.112. The number of ketones is 1. The van der Waals surface area contributed by atoms with E-state index < -0.39 is 50.3 Å². The molecule has 4 aromatic rings. The Morgan fingerprint density at radius 3 is 2.36 bits per heavy atom. The van der Waals surface area contributed by atoms with Crippen molar-refractivity contribution >= 4 is 27.4 Å². The SMILES string of the molecule is C=S(=O)(c1ccc(F)cc1)N(CC1CC1)[C@H]1CCC2=Cc3c(cnn3-c3ccc(F)cc3)C[C@]2(C(=O)c2cc(C(F)(F)F)ccn2)C1. The molecule has 244 valence electrons. The minimum absolute atomic E-state index is 0.134. The van der Waals surface area contributed by atoms with Gasteiger partial charge in [0.1, 0.15) is 17.3 Å². The van der Waals surface area contributed by atoms with Crippen molar-refractivity contribution in [3.63, 3.8) is 0 Å². The van der Waals surface area contributed by atoms with Crippen LogP contribution in [-0.4, -0.2) is 47.5 Å². The third-order valence-electron chi connectivity index (χ3n) is 9.56. The summed E-state index contributed by atoms with van der Waals surface area (Å²) in [5, 5.41) is 4.53. The number of carbonyl (C=O) groups excluding carboxylic acids is 1. The van der Waals surface area contributed by atoms with Crippen LogP contribution >= 0.6 is 0 Å². The van der Waals surface area contributed by atoms with Crippen molar-refractivity contribution < 1.29 is 31.0 Å². The van der Waals surface area contributed by atoms with Gasteiger partial charge in [0, 0.05) is 23.7 Å². The number of alkyl halides is 3. The molecule has 0 bridgehead atoms. The second-order valence-corrected chi connectivity index (χ2v) is 14.9. The zero-order valence-corrected chi connectivity index (χ0v) is 26.0. The lowest BCUT2D eigenvalue weighted by Gasteiger charge is -2.47. The van der Waals surface area contributed by atoms with E-state index in [0.29, 0.717) is 47.1 Å². The Balaban J connectivity index is 1.33. The Kier molecular flexibility index (Phi) is 7.70. The molecule has 0 radical (unpaired) electrons. The van der Waals surface area contributed by atoms with Crippen molar-refractivity contribution in [3.8, 4) is 5.69 Å². The zero-order chi connectivity index (χ0) is 33.1. The van der Waals surface area contributed by atoms with Gasteiger partial charge in [0.2, 0.25) is 0 Å². The van der Waals surface area contributed by atoms with Crippen LogP contribution in [-0.2, 0) is 22.3 Å². The molecule has 7 rings (SSSR count). The predicted octanol–water partition coefficient (Wildman–Crippen LogP) is 7.33. The summed E-state index contributed by atoms with van der Waals surface area (Å²) in [5.41, 5.74) is 0.154. The number of benzene rings is 2. The maximum atomic E-state index is 14.6. The van der Waals surface area contributed by atoms with Gasteiger partial charge in [-0.15, -0.1) is 0 Å². The second kappa shape index (κ2) is 11.5. The number of aromatic nitrogens is 3. The van der Waals surface area contributed by atoms with Crippen LogP contribution in [0.5, 0.6) is 0 Å². The fourth-order valence-electron chi connectivity index (χ4n) is 6.94. The van der Waals surface area contributed by atoms with Gasteiger partial charge in [0.25, 0.3) is 0 Å². The number of carbonyl (C=O) groups is 1. The van der Waals surface area contributed by atoms with E-state index in [0.717, 1.165) is 36.7 Å². The molecule has 0 N–H and O–H groups in total. The molecule has 0 spiro atoms. The lowest BCUT2D eigenvalue weighted by Crippen LogP contribution is -2.51. The maximum Gasteiger partial charge on any atom is 0.416 e. The molecule has 0 aliphatic heterocycles. The highest BCUT2D eigenvalue weighted by molar-refractivity contribution is 7.98. The first-order valence-electron chi connectivity index (χ1n) is 15.4. The van der Waals surface area contributed by atoms with Gasteiger partial charge < -0.3 is 0 Å². The third kappa shape index (κ3) is 5.82. The number of halogens is 5. The fourth-order valence-corrected chi connectivity index (χ4v) is 8.89. The largest absolute Gasteiger partial charge is 0.416 e. The summed E-state index contributed by atoms with van der Waals surface area (Å²) in [5.74, 6) is 3.00. The first kappa shape index (κ1) is 31.4. The van der Waals surface area contributed by atoms with E-state index >= 15 is 0 Å². The smallest absolute Gasteiger partial charge is 0.291 e. The molecule has 1 unspecified atom stereocenters. The zero-order valence-electron chi connectivity index (χ0n) is 25.2. The second-order valence-electron chi connectivity index (χ2n) is 12.7. The molecular weight excluding hydrogens is 635 g/mol. The molecule has 3 aliphatic carbocycles. The van der Waals surface area contributed by atoms with Crippen molar-refractivity contribution in [2.24, 2.45) is 11.3 Å². The van der Waals surface area contributed by atoms with Crippen LogP contribution in [0.1, 0.15) is 59.4 Å². The number of nitrogens with zero attached hydrogens (tertiary/aromatic N) is 4. The molecule has 3 atom stereocenters. The van der Waals surface area contributed by atoms with Crippen LogP contribution in [0, 0.1) is 23.0 Å². The normalized spacial score (nSPS) is 22.3. The molecule has 6 nitrogen and oxygen atoms in total. The summed E-state index contributed by atoms with van der Waals surface area (Å²) < 4.78 is 86.8. The summed E-state index contributed by atoms with van der Waals surface area (Å²) in [6.07, 6.45) is 2.92. The summed E-state index contributed by atoms with van der Waals surface area (Å²) in [6, 6.07) is 12.4. The van der Waals surface area contributed by atoms with Gasteiger partial charge in [-0.2, -0.15) is 18.3 Å². The Hall–Kier alpha value is -4.16. The topological polar surface area (TPSA) is 68.1 Å². The van der Waals surface area contributed by atoms with Crippen molar-refractivity contribution in [3.05, 3.63) is 113 Å². The van der Waals surface area contributed by atoms with Crippen LogP contribution in [0.4, 0.5) is 22.0 Å². The van der Waals surface area contributed by atoms with Gasteiger partial charge >= 0.3 is 6.18 Å². The van der Waals surface area contributed by atoms with E-state index in [2.05, 4.69) is 16.0 Å². The minimum Gasteiger partial charge on any atom is -0.291 e. The third-order valence-corrected chi connectivity index (χ3v) is 11.8. The number of pyridine rings is 1. The lowest BCUT2D eigenvalue weighted by atomic mass is 9.60. The van der Waals surface area contributed by atoms with E-state index in [9.17, 15) is 31.0 Å². The Morgan fingerprint density at radius 2 is 1.70 bits per heavy atom. The van der Waals surface area contributed by atoms with Crippen LogP contribution in [0.3, 0.4) is 0 Å². The highest BCUT2D eigenvalue weighted by Crippen LogP contribution is 2.52. The van der Waals surface area contributed by atoms with Crippen molar-refractivity contribution in [2.75, 3.05) is 6.54 Å². The van der Waals surface area contributed by atoms with E-state index in [1.54, 1.807) is 23.0 Å². The Morgan fingerprint density at radius 1 is 1.02 bits per heavy atom. The van der Waals surface area contributed by atoms with Gasteiger partial charge in [0.05, 0.1) is 38.3 Å². The van der Waals surface area contributed by atoms with Crippen LogP contribution in [0.15, 0.2) is 83.5 Å². The van der Waals surface area contributed by atoms with Gasteiger partial charge in [-0.3, -0.25) is 9.78 Å².